The number of carbonyl (C=O) groups is 2. The number of carboxylic acid groups (broad SMARTS) is 1. The third-order valence-electron chi connectivity index (χ3n) is 2.96. The molecule has 0 spiro atoms. The summed E-state index contributed by atoms with van der Waals surface area (Å²) >= 11 is 0. The van der Waals surface area contributed by atoms with Crippen LogP contribution in [0.15, 0.2) is 12.3 Å². The van der Waals surface area contributed by atoms with E-state index in [0.717, 1.165) is 18.9 Å². The molecule has 1 heterocycles. The van der Waals surface area contributed by atoms with Gasteiger partial charge >= 0.3 is 5.97 Å². The van der Waals surface area contributed by atoms with Gasteiger partial charge in [-0.2, -0.15) is 0 Å². The molecule has 1 fully saturated rings. The lowest BCUT2D eigenvalue weighted by atomic mass is 10.3. The quantitative estimate of drug-likeness (QED) is 0.493. The Labute approximate surface area is 113 Å². The number of nitrogens with one attached hydrogen (secondary N) is 1. The summed E-state index contributed by atoms with van der Waals surface area (Å²) < 4.78 is 1.51. The first-order valence-electron chi connectivity index (χ1n) is 5.95. The maximum absolute atomic E-state index is 11.9. The molecular weight excluding hydrogens is 270 g/mol. The molecule has 1 aliphatic rings. The molecule has 0 bridgehead atoms. The van der Waals surface area contributed by atoms with Gasteiger partial charge in [-0.25, -0.2) is 4.79 Å². The molecule has 3 N–H and O–H groups in total. The summed E-state index contributed by atoms with van der Waals surface area (Å²) in [6, 6.07) is 1.20. The average Bonchev–Trinajstić information content (AvgIpc) is 3.13. The maximum atomic E-state index is 11.9. The summed E-state index contributed by atoms with van der Waals surface area (Å²) in [5, 5.41) is 30.5. The second-order valence-electron chi connectivity index (χ2n) is 4.54. The number of aromatic nitrogens is 1. The fraction of sp³-hybridized carbons (Fsp3) is 0.455. The fourth-order valence-corrected chi connectivity index (χ4v) is 1.77. The van der Waals surface area contributed by atoms with Gasteiger partial charge in [0.15, 0.2) is 6.10 Å². The van der Waals surface area contributed by atoms with Crippen LogP contribution < -0.4 is 5.32 Å². The SMILES string of the molecule is O=C(NC[C@H](O)C(=O)O)c1cc([N+](=O)[O-])cn1C1CC1. The van der Waals surface area contributed by atoms with Crippen molar-refractivity contribution in [2.45, 2.75) is 25.0 Å². The summed E-state index contributed by atoms with van der Waals surface area (Å²) in [6.45, 7) is -0.461. The van der Waals surface area contributed by atoms with Gasteiger partial charge in [-0.15, -0.1) is 0 Å². The van der Waals surface area contributed by atoms with Gasteiger partial charge in [0.25, 0.3) is 11.6 Å². The van der Waals surface area contributed by atoms with Crippen molar-refractivity contribution < 1.29 is 24.7 Å². The van der Waals surface area contributed by atoms with E-state index >= 15 is 0 Å². The molecule has 9 heteroatoms. The van der Waals surface area contributed by atoms with E-state index in [1.165, 1.54) is 10.8 Å². The predicted octanol–water partition coefficient (Wildman–Crippen LogP) is -0.0935. The smallest absolute Gasteiger partial charge is 0.334 e. The van der Waals surface area contributed by atoms with Crippen LogP contribution in [0.4, 0.5) is 5.69 Å². The van der Waals surface area contributed by atoms with Gasteiger partial charge in [0, 0.05) is 12.1 Å². The minimum Gasteiger partial charge on any atom is -0.479 e. The number of aliphatic carboxylic acids is 1. The molecule has 2 rings (SSSR count). The van der Waals surface area contributed by atoms with Gasteiger partial charge in [-0.3, -0.25) is 14.9 Å². The molecule has 1 aromatic heterocycles. The minimum absolute atomic E-state index is 0.0637. The Balaban J connectivity index is 2.12. The van der Waals surface area contributed by atoms with E-state index < -0.39 is 29.4 Å². The topological polar surface area (TPSA) is 135 Å². The Morgan fingerprint density at radius 1 is 1.55 bits per heavy atom. The molecule has 0 radical (unpaired) electrons. The van der Waals surface area contributed by atoms with Crippen LogP contribution in [-0.2, 0) is 4.79 Å². The van der Waals surface area contributed by atoms with E-state index in [1.54, 1.807) is 0 Å². The molecule has 9 nitrogen and oxygen atoms in total. The van der Waals surface area contributed by atoms with Gasteiger partial charge in [-0.1, -0.05) is 0 Å². The molecule has 0 aromatic carbocycles. The Bertz CT molecular complexity index is 563. The van der Waals surface area contributed by atoms with Crippen molar-refractivity contribution in [3.63, 3.8) is 0 Å². The van der Waals surface area contributed by atoms with Gasteiger partial charge in [-0.05, 0) is 12.8 Å². The van der Waals surface area contributed by atoms with Gasteiger partial charge in [0.05, 0.1) is 17.7 Å². The second-order valence-corrected chi connectivity index (χ2v) is 4.54. The van der Waals surface area contributed by atoms with E-state index in [1.807, 2.05) is 0 Å². The molecule has 1 aromatic rings. The van der Waals surface area contributed by atoms with Crippen LogP contribution in [-0.4, -0.2) is 44.2 Å². The molecule has 0 unspecified atom stereocenters. The van der Waals surface area contributed by atoms with Crippen molar-refractivity contribution in [1.82, 2.24) is 9.88 Å². The highest BCUT2D eigenvalue weighted by Gasteiger charge is 2.30. The normalized spacial score (nSPS) is 15.7. The monoisotopic (exact) mass is 283 g/mol. The maximum Gasteiger partial charge on any atom is 0.334 e. The van der Waals surface area contributed by atoms with E-state index in [4.69, 9.17) is 10.2 Å². The van der Waals surface area contributed by atoms with Crippen molar-refractivity contribution in [3.8, 4) is 0 Å². The van der Waals surface area contributed by atoms with E-state index in [0.29, 0.717) is 0 Å². The van der Waals surface area contributed by atoms with Crippen molar-refractivity contribution in [2.24, 2.45) is 0 Å². The fourth-order valence-electron chi connectivity index (χ4n) is 1.77. The number of carbonyl (C=O) groups excluding carboxylic acids is 1. The zero-order valence-electron chi connectivity index (χ0n) is 10.4. The molecule has 20 heavy (non-hydrogen) atoms. The lowest BCUT2D eigenvalue weighted by Crippen LogP contribution is -2.37. The number of aliphatic hydroxyl groups is 1. The first kappa shape index (κ1) is 14.0. The number of hydrogen-bond donors (Lipinski definition) is 3. The lowest BCUT2D eigenvalue weighted by Gasteiger charge is -2.09. The number of aliphatic hydroxyl groups excluding tert-OH is 1. The Morgan fingerprint density at radius 3 is 2.70 bits per heavy atom. The number of amides is 1. The Morgan fingerprint density at radius 2 is 2.20 bits per heavy atom. The predicted molar refractivity (Wildman–Crippen MR) is 65.3 cm³/mol. The van der Waals surface area contributed by atoms with Crippen molar-refractivity contribution in [1.29, 1.82) is 0 Å². The number of nitrogens with zero attached hydrogens (tertiary/aromatic N) is 2. The molecule has 1 saturated carbocycles. The number of rotatable bonds is 6. The highest BCUT2D eigenvalue weighted by atomic mass is 16.6. The first-order valence-corrected chi connectivity index (χ1v) is 5.95. The summed E-state index contributed by atoms with van der Waals surface area (Å²) in [5.74, 6) is -2.10. The lowest BCUT2D eigenvalue weighted by molar-refractivity contribution is -0.384. The first-order chi connectivity index (χ1) is 9.40. The van der Waals surface area contributed by atoms with Gasteiger partial charge < -0.3 is 20.1 Å². The highest BCUT2D eigenvalue weighted by molar-refractivity contribution is 5.94. The summed E-state index contributed by atoms with van der Waals surface area (Å²) in [7, 11) is 0. The average molecular weight is 283 g/mol. The zero-order valence-corrected chi connectivity index (χ0v) is 10.4. The molecule has 0 aliphatic heterocycles. The Kier molecular flexibility index (Phi) is 3.70. The molecule has 108 valence electrons. The van der Waals surface area contributed by atoms with Crippen molar-refractivity contribution >= 4 is 17.6 Å². The highest BCUT2D eigenvalue weighted by Crippen LogP contribution is 2.37. The van der Waals surface area contributed by atoms with Crippen molar-refractivity contribution in [2.75, 3.05) is 6.54 Å². The zero-order chi connectivity index (χ0) is 14.9. The van der Waals surface area contributed by atoms with Crippen LogP contribution in [0.1, 0.15) is 29.4 Å². The van der Waals surface area contributed by atoms with Gasteiger partial charge in [0.2, 0.25) is 0 Å². The number of carboxylic acids is 1. The van der Waals surface area contributed by atoms with Crippen LogP contribution in [0.2, 0.25) is 0 Å². The molecule has 1 atom stereocenters. The van der Waals surface area contributed by atoms with Crippen LogP contribution in [0.3, 0.4) is 0 Å². The molecular formula is C11H13N3O6. The van der Waals surface area contributed by atoms with Crippen LogP contribution in [0.25, 0.3) is 0 Å². The van der Waals surface area contributed by atoms with E-state index in [-0.39, 0.29) is 17.4 Å². The summed E-state index contributed by atoms with van der Waals surface area (Å²) in [4.78, 5) is 32.5. The van der Waals surface area contributed by atoms with Crippen LogP contribution in [0, 0.1) is 10.1 Å². The molecule has 1 amide bonds. The number of nitro groups is 1. The molecule has 0 saturated heterocycles. The third kappa shape index (κ3) is 2.94. The summed E-state index contributed by atoms with van der Waals surface area (Å²) in [6.07, 6.45) is 1.26. The third-order valence-corrected chi connectivity index (χ3v) is 2.96. The van der Waals surface area contributed by atoms with E-state index in [9.17, 15) is 19.7 Å². The Hall–Kier alpha value is -2.42. The van der Waals surface area contributed by atoms with Crippen molar-refractivity contribution in [3.05, 3.63) is 28.1 Å². The number of hydrogen-bond acceptors (Lipinski definition) is 5. The minimum atomic E-state index is -1.71. The second kappa shape index (κ2) is 5.29. The standard InChI is InChI=1S/C11H13N3O6/c15-9(11(17)18)4-12-10(16)8-3-7(14(19)20)5-13(8)6-1-2-6/h3,5-6,9,15H,1-2,4H2,(H,12,16)(H,17,18)/t9-/m0/s1. The largest absolute Gasteiger partial charge is 0.479 e. The van der Waals surface area contributed by atoms with Crippen LogP contribution in [0.5, 0.6) is 0 Å². The van der Waals surface area contributed by atoms with Gasteiger partial charge in [0.1, 0.15) is 5.69 Å². The molecule has 1 aliphatic carbocycles. The van der Waals surface area contributed by atoms with Crippen LogP contribution >= 0.6 is 0 Å². The van der Waals surface area contributed by atoms with E-state index in [2.05, 4.69) is 5.32 Å². The summed E-state index contributed by atoms with van der Waals surface area (Å²) in [5.41, 5.74) is -0.0994.